The van der Waals surface area contributed by atoms with Gasteiger partial charge in [-0.05, 0) is 31.5 Å². The summed E-state index contributed by atoms with van der Waals surface area (Å²) in [6, 6.07) is 9.89. The molecule has 0 saturated heterocycles. The summed E-state index contributed by atoms with van der Waals surface area (Å²) in [6.45, 7) is 3.71. The Morgan fingerprint density at radius 2 is 2.05 bits per heavy atom. The Labute approximate surface area is 116 Å². The van der Waals surface area contributed by atoms with Crippen LogP contribution in [0.25, 0.3) is 22.4 Å². The lowest BCUT2D eigenvalue weighted by atomic mass is 10.1. The van der Waals surface area contributed by atoms with Crippen molar-refractivity contribution in [3.05, 3.63) is 41.8 Å². The zero-order valence-corrected chi connectivity index (χ0v) is 11.4. The summed E-state index contributed by atoms with van der Waals surface area (Å²) in [4.78, 5) is 8.82. The van der Waals surface area contributed by atoms with Crippen molar-refractivity contribution in [2.45, 2.75) is 26.4 Å². The molecule has 2 heterocycles. The molecule has 5 heteroatoms. The molecule has 1 aromatic carbocycles. The third-order valence-electron chi connectivity index (χ3n) is 3.09. The Morgan fingerprint density at radius 3 is 2.85 bits per heavy atom. The minimum absolute atomic E-state index is 0.347. The van der Waals surface area contributed by atoms with Gasteiger partial charge in [0.05, 0.1) is 18.0 Å². The van der Waals surface area contributed by atoms with Crippen LogP contribution in [0.1, 0.15) is 18.4 Å². The molecule has 2 aromatic heterocycles. The van der Waals surface area contributed by atoms with Gasteiger partial charge in [0.15, 0.2) is 0 Å². The van der Waals surface area contributed by atoms with Gasteiger partial charge in [-0.3, -0.25) is 0 Å². The van der Waals surface area contributed by atoms with Gasteiger partial charge >= 0.3 is 0 Å². The van der Waals surface area contributed by atoms with Crippen LogP contribution in [0, 0.1) is 6.92 Å². The molecular formula is C15H15N3O2. The van der Waals surface area contributed by atoms with E-state index in [9.17, 15) is 5.11 Å². The number of aliphatic hydroxyl groups is 1. The number of pyridine rings is 1. The van der Waals surface area contributed by atoms with Gasteiger partial charge in [-0.1, -0.05) is 23.4 Å². The van der Waals surface area contributed by atoms with Crippen molar-refractivity contribution < 1.29 is 9.63 Å². The molecule has 0 spiro atoms. The molecule has 0 aliphatic heterocycles. The molecule has 0 aliphatic carbocycles. The first kappa shape index (κ1) is 12.7. The number of para-hydroxylation sites is 1. The van der Waals surface area contributed by atoms with Crippen molar-refractivity contribution in [2.75, 3.05) is 0 Å². The monoisotopic (exact) mass is 269 g/mol. The maximum atomic E-state index is 9.33. The molecule has 0 amide bonds. The van der Waals surface area contributed by atoms with Crippen LogP contribution in [0.2, 0.25) is 0 Å². The third kappa shape index (κ3) is 2.40. The van der Waals surface area contributed by atoms with Crippen molar-refractivity contribution >= 4 is 10.9 Å². The number of hydrogen-bond acceptors (Lipinski definition) is 5. The summed E-state index contributed by atoms with van der Waals surface area (Å²) >= 11 is 0. The number of nitrogens with zero attached hydrogens (tertiary/aromatic N) is 3. The fourth-order valence-electron chi connectivity index (χ4n) is 2.16. The highest BCUT2D eigenvalue weighted by Gasteiger charge is 2.13. The van der Waals surface area contributed by atoms with Crippen LogP contribution < -0.4 is 0 Å². The van der Waals surface area contributed by atoms with E-state index in [1.165, 1.54) is 0 Å². The van der Waals surface area contributed by atoms with Crippen LogP contribution in [0.5, 0.6) is 0 Å². The van der Waals surface area contributed by atoms with Gasteiger partial charge in [0, 0.05) is 5.39 Å². The maximum Gasteiger partial charge on any atom is 0.229 e. The Morgan fingerprint density at radius 1 is 1.25 bits per heavy atom. The standard InChI is InChI=1S/C15H15N3O2/c1-9-7-13(16-12-6-4-3-5-11(9)12)15-17-14(20-18-15)8-10(2)19/h3-7,10,19H,8H2,1-2H3. The molecular weight excluding hydrogens is 254 g/mol. The van der Waals surface area contributed by atoms with Gasteiger partial charge < -0.3 is 9.63 Å². The molecule has 0 saturated carbocycles. The number of aromatic nitrogens is 3. The number of aliphatic hydroxyl groups excluding tert-OH is 1. The van der Waals surface area contributed by atoms with E-state index in [-0.39, 0.29) is 0 Å². The minimum Gasteiger partial charge on any atom is -0.393 e. The molecule has 0 aliphatic rings. The molecule has 102 valence electrons. The van der Waals surface area contributed by atoms with Gasteiger partial charge in [0.2, 0.25) is 11.7 Å². The highest BCUT2D eigenvalue weighted by molar-refractivity contribution is 5.84. The van der Waals surface area contributed by atoms with E-state index < -0.39 is 6.10 Å². The summed E-state index contributed by atoms with van der Waals surface area (Å²) in [6.07, 6.45) is -0.158. The second-order valence-electron chi connectivity index (χ2n) is 4.91. The molecule has 5 nitrogen and oxygen atoms in total. The molecule has 0 fully saturated rings. The summed E-state index contributed by atoms with van der Waals surface area (Å²) in [5, 5.41) is 14.4. The molecule has 1 atom stereocenters. The average molecular weight is 269 g/mol. The molecule has 0 radical (unpaired) electrons. The number of hydrogen-bond donors (Lipinski definition) is 1. The maximum absolute atomic E-state index is 9.33. The lowest BCUT2D eigenvalue weighted by Gasteiger charge is -2.03. The zero-order valence-electron chi connectivity index (χ0n) is 11.4. The molecule has 1 unspecified atom stereocenters. The molecule has 3 rings (SSSR count). The van der Waals surface area contributed by atoms with E-state index in [1.807, 2.05) is 37.3 Å². The van der Waals surface area contributed by atoms with Crippen LogP contribution in [0.3, 0.4) is 0 Å². The van der Waals surface area contributed by atoms with E-state index in [0.29, 0.717) is 23.8 Å². The van der Waals surface area contributed by atoms with Crippen LogP contribution in [0.4, 0.5) is 0 Å². The number of aryl methyl sites for hydroxylation is 1. The second kappa shape index (κ2) is 5.02. The van der Waals surface area contributed by atoms with Crippen LogP contribution >= 0.6 is 0 Å². The van der Waals surface area contributed by atoms with E-state index in [0.717, 1.165) is 16.5 Å². The predicted octanol–water partition coefficient (Wildman–Crippen LogP) is 2.52. The Bertz CT molecular complexity index is 750. The summed E-state index contributed by atoms with van der Waals surface area (Å²) in [5.74, 6) is 0.872. The predicted molar refractivity (Wildman–Crippen MR) is 75.2 cm³/mol. The highest BCUT2D eigenvalue weighted by atomic mass is 16.5. The largest absolute Gasteiger partial charge is 0.393 e. The Hall–Kier alpha value is -2.27. The van der Waals surface area contributed by atoms with E-state index >= 15 is 0 Å². The van der Waals surface area contributed by atoms with Crippen molar-refractivity contribution in [3.63, 3.8) is 0 Å². The summed E-state index contributed by atoms with van der Waals surface area (Å²) < 4.78 is 5.12. The first-order valence-electron chi connectivity index (χ1n) is 6.51. The van der Waals surface area contributed by atoms with Gasteiger partial charge in [-0.25, -0.2) is 4.98 Å². The van der Waals surface area contributed by atoms with Gasteiger partial charge in [0.25, 0.3) is 0 Å². The van der Waals surface area contributed by atoms with Gasteiger partial charge in [-0.2, -0.15) is 4.98 Å². The summed E-state index contributed by atoms with van der Waals surface area (Å²) in [5.41, 5.74) is 2.71. The fourth-order valence-corrected chi connectivity index (χ4v) is 2.16. The second-order valence-corrected chi connectivity index (χ2v) is 4.91. The molecule has 20 heavy (non-hydrogen) atoms. The van der Waals surface area contributed by atoms with Crippen LogP contribution in [-0.2, 0) is 6.42 Å². The SMILES string of the molecule is Cc1cc(-c2noc(CC(C)O)n2)nc2ccccc12. The third-order valence-corrected chi connectivity index (χ3v) is 3.09. The van der Waals surface area contributed by atoms with Gasteiger partial charge in [-0.15, -0.1) is 0 Å². The van der Waals surface area contributed by atoms with Crippen molar-refractivity contribution in [2.24, 2.45) is 0 Å². The number of benzene rings is 1. The highest BCUT2D eigenvalue weighted by Crippen LogP contribution is 2.22. The van der Waals surface area contributed by atoms with Crippen LogP contribution in [-0.4, -0.2) is 26.3 Å². The van der Waals surface area contributed by atoms with E-state index in [1.54, 1.807) is 6.92 Å². The lowest BCUT2D eigenvalue weighted by molar-refractivity contribution is 0.181. The zero-order chi connectivity index (χ0) is 14.1. The first-order valence-corrected chi connectivity index (χ1v) is 6.51. The summed E-state index contributed by atoms with van der Waals surface area (Å²) in [7, 11) is 0. The topological polar surface area (TPSA) is 72.0 Å². The van der Waals surface area contributed by atoms with Gasteiger partial charge in [0.1, 0.15) is 5.69 Å². The first-order chi connectivity index (χ1) is 9.63. The fraction of sp³-hybridized carbons (Fsp3) is 0.267. The van der Waals surface area contributed by atoms with Crippen molar-refractivity contribution in [1.82, 2.24) is 15.1 Å². The van der Waals surface area contributed by atoms with E-state index in [2.05, 4.69) is 15.1 Å². The average Bonchev–Trinajstić information content (AvgIpc) is 2.86. The lowest BCUT2D eigenvalue weighted by Crippen LogP contribution is -2.04. The normalized spacial score (nSPS) is 12.8. The molecule has 0 bridgehead atoms. The van der Waals surface area contributed by atoms with Crippen LogP contribution in [0.15, 0.2) is 34.9 Å². The van der Waals surface area contributed by atoms with Crippen molar-refractivity contribution in [3.8, 4) is 11.5 Å². The van der Waals surface area contributed by atoms with Crippen molar-refractivity contribution in [1.29, 1.82) is 0 Å². The molecule has 3 aromatic rings. The Balaban J connectivity index is 2.03. The quantitative estimate of drug-likeness (QED) is 0.791. The Kier molecular flexibility index (Phi) is 3.20. The number of rotatable bonds is 3. The smallest absolute Gasteiger partial charge is 0.229 e. The molecule has 1 N–H and O–H groups in total. The number of fused-ring (bicyclic) bond motifs is 1. The van der Waals surface area contributed by atoms with E-state index in [4.69, 9.17) is 4.52 Å². The minimum atomic E-state index is -0.505.